The molecule has 2 atom stereocenters. The molecule has 1 aliphatic rings. The van der Waals surface area contributed by atoms with E-state index in [1.54, 1.807) is 12.1 Å². The zero-order valence-electron chi connectivity index (χ0n) is 10.4. The summed E-state index contributed by atoms with van der Waals surface area (Å²) in [5, 5.41) is 12.4. The molecule has 0 saturated heterocycles. The lowest BCUT2D eigenvalue weighted by atomic mass is 9.86. The first-order chi connectivity index (χ1) is 8.58. The van der Waals surface area contributed by atoms with Crippen molar-refractivity contribution in [2.24, 2.45) is 5.92 Å². The van der Waals surface area contributed by atoms with E-state index in [1.807, 2.05) is 6.07 Å². The largest absolute Gasteiger partial charge is 0.478 e. The van der Waals surface area contributed by atoms with Crippen LogP contribution < -0.4 is 5.32 Å². The second-order valence-corrected chi connectivity index (χ2v) is 5.87. The fourth-order valence-corrected chi connectivity index (χ4v) is 2.99. The Balaban J connectivity index is 2.11. The fourth-order valence-electron chi connectivity index (χ4n) is 2.50. The highest BCUT2D eigenvalue weighted by molar-refractivity contribution is 9.10. The number of carbonyl (C=O) groups is 1. The molecule has 0 spiro atoms. The highest BCUT2D eigenvalue weighted by Gasteiger charge is 2.21. The molecule has 2 unspecified atom stereocenters. The lowest BCUT2D eigenvalue weighted by Crippen LogP contribution is -2.30. The Hall–Kier alpha value is -1.03. The van der Waals surface area contributed by atoms with Crippen LogP contribution in [0.5, 0.6) is 0 Å². The Morgan fingerprint density at radius 1 is 1.39 bits per heavy atom. The second-order valence-electron chi connectivity index (χ2n) is 5.01. The quantitative estimate of drug-likeness (QED) is 0.882. The van der Waals surface area contributed by atoms with E-state index in [2.05, 4.69) is 28.2 Å². The highest BCUT2D eigenvalue weighted by atomic mass is 79.9. The molecule has 18 heavy (non-hydrogen) atoms. The molecule has 3 nitrogen and oxygen atoms in total. The number of hydrogen-bond donors (Lipinski definition) is 2. The second kappa shape index (κ2) is 5.74. The van der Waals surface area contributed by atoms with Crippen molar-refractivity contribution in [2.45, 2.75) is 38.6 Å². The van der Waals surface area contributed by atoms with Crippen molar-refractivity contribution >= 4 is 27.6 Å². The number of anilines is 1. The molecule has 1 aromatic carbocycles. The lowest BCUT2D eigenvalue weighted by Gasteiger charge is -2.30. The number of nitrogens with one attached hydrogen (secondary N) is 1. The smallest absolute Gasteiger partial charge is 0.335 e. The van der Waals surface area contributed by atoms with Crippen LogP contribution in [0, 0.1) is 5.92 Å². The summed E-state index contributed by atoms with van der Waals surface area (Å²) in [7, 11) is 0. The predicted molar refractivity (Wildman–Crippen MR) is 76.1 cm³/mol. The zero-order valence-corrected chi connectivity index (χ0v) is 12.0. The van der Waals surface area contributed by atoms with E-state index in [0.717, 1.165) is 10.2 Å². The Bertz CT molecular complexity index is 447. The normalized spacial score (nSPS) is 23.7. The van der Waals surface area contributed by atoms with Crippen LogP contribution in [0.2, 0.25) is 0 Å². The summed E-state index contributed by atoms with van der Waals surface area (Å²) in [6.07, 6.45) is 5.04. The summed E-state index contributed by atoms with van der Waals surface area (Å²) in [6.45, 7) is 2.27. The molecule has 98 valence electrons. The standard InChI is InChI=1S/C14H18BrNO2/c1-9-4-2-3-5-12(9)16-13-7-6-10(14(17)18)8-11(13)15/h6-9,12,16H,2-5H2,1H3,(H,17,18). The number of aromatic carboxylic acids is 1. The number of carboxylic acid groups (broad SMARTS) is 1. The summed E-state index contributed by atoms with van der Waals surface area (Å²) >= 11 is 3.44. The predicted octanol–water partition coefficient (Wildman–Crippen LogP) is 4.14. The summed E-state index contributed by atoms with van der Waals surface area (Å²) in [5.41, 5.74) is 1.29. The first-order valence-corrected chi connectivity index (χ1v) is 7.16. The van der Waals surface area contributed by atoms with Gasteiger partial charge in [0.1, 0.15) is 0 Å². The molecular formula is C14H18BrNO2. The average molecular weight is 312 g/mol. The van der Waals surface area contributed by atoms with Gasteiger partial charge in [0.25, 0.3) is 0 Å². The monoisotopic (exact) mass is 311 g/mol. The molecule has 0 radical (unpaired) electrons. The number of halogens is 1. The van der Waals surface area contributed by atoms with Gasteiger partial charge in [-0.05, 0) is 52.9 Å². The Labute approximate surface area is 116 Å². The van der Waals surface area contributed by atoms with Crippen LogP contribution in [-0.4, -0.2) is 17.1 Å². The van der Waals surface area contributed by atoms with Gasteiger partial charge >= 0.3 is 5.97 Å². The van der Waals surface area contributed by atoms with Crippen molar-refractivity contribution in [3.63, 3.8) is 0 Å². The van der Waals surface area contributed by atoms with E-state index in [0.29, 0.717) is 17.5 Å². The molecule has 1 aromatic rings. The summed E-state index contributed by atoms with van der Waals surface area (Å²) in [4.78, 5) is 10.9. The van der Waals surface area contributed by atoms with Gasteiger partial charge < -0.3 is 10.4 Å². The highest BCUT2D eigenvalue weighted by Crippen LogP contribution is 2.30. The minimum atomic E-state index is -0.895. The third kappa shape index (κ3) is 3.05. The molecular weight excluding hydrogens is 294 g/mol. The van der Waals surface area contributed by atoms with Gasteiger partial charge in [0.15, 0.2) is 0 Å². The van der Waals surface area contributed by atoms with Crippen LogP contribution in [0.15, 0.2) is 22.7 Å². The molecule has 1 fully saturated rings. The minimum Gasteiger partial charge on any atom is -0.478 e. The third-order valence-electron chi connectivity index (χ3n) is 3.67. The van der Waals surface area contributed by atoms with Crippen LogP contribution in [-0.2, 0) is 0 Å². The van der Waals surface area contributed by atoms with Crippen molar-refractivity contribution < 1.29 is 9.90 Å². The maximum Gasteiger partial charge on any atom is 0.335 e. The van der Waals surface area contributed by atoms with E-state index < -0.39 is 5.97 Å². The van der Waals surface area contributed by atoms with Crippen LogP contribution in [0.4, 0.5) is 5.69 Å². The van der Waals surface area contributed by atoms with Gasteiger partial charge in [-0.3, -0.25) is 0 Å². The lowest BCUT2D eigenvalue weighted by molar-refractivity contribution is 0.0697. The van der Waals surface area contributed by atoms with E-state index in [4.69, 9.17) is 5.11 Å². The molecule has 4 heteroatoms. The van der Waals surface area contributed by atoms with Crippen molar-refractivity contribution in [1.29, 1.82) is 0 Å². The summed E-state index contributed by atoms with van der Waals surface area (Å²) in [5.74, 6) is -0.224. The van der Waals surface area contributed by atoms with Gasteiger partial charge in [-0.25, -0.2) is 4.79 Å². The van der Waals surface area contributed by atoms with Gasteiger partial charge in [-0.2, -0.15) is 0 Å². The fraction of sp³-hybridized carbons (Fsp3) is 0.500. The Morgan fingerprint density at radius 3 is 2.72 bits per heavy atom. The maximum absolute atomic E-state index is 10.9. The van der Waals surface area contributed by atoms with Crippen LogP contribution in [0.25, 0.3) is 0 Å². The van der Waals surface area contributed by atoms with E-state index >= 15 is 0 Å². The maximum atomic E-state index is 10.9. The molecule has 0 aliphatic heterocycles. The molecule has 1 aliphatic carbocycles. The number of rotatable bonds is 3. The van der Waals surface area contributed by atoms with E-state index in [9.17, 15) is 4.79 Å². The number of hydrogen-bond acceptors (Lipinski definition) is 2. The Kier molecular flexibility index (Phi) is 4.27. The van der Waals surface area contributed by atoms with E-state index in [-0.39, 0.29) is 0 Å². The molecule has 2 N–H and O–H groups in total. The third-order valence-corrected chi connectivity index (χ3v) is 4.32. The van der Waals surface area contributed by atoms with Crippen molar-refractivity contribution in [3.05, 3.63) is 28.2 Å². The van der Waals surface area contributed by atoms with E-state index in [1.165, 1.54) is 25.7 Å². The summed E-state index contributed by atoms with van der Waals surface area (Å²) in [6, 6.07) is 5.63. The van der Waals surface area contributed by atoms with Crippen molar-refractivity contribution in [2.75, 3.05) is 5.32 Å². The van der Waals surface area contributed by atoms with Gasteiger partial charge in [-0.15, -0.1) is 0 Å². The number of benzene rings is 1. The van der Waals surface area contributed by atoms with Crippen LogP contribution in [0.3, 0.4) is 0 Å². The van der Waals surface area contributed by atoms with Crippen molar-refractivity contribution in [3.8, 4) is 0 Å². The van der Waals surface area contributed by atoms with Gasteiger partial charge in [0, 0.05) is 16.2 Å². The van der Waals surface area contributed by atoms with Crippen molar-refractivity contribution in [1.82, 2.24) is 0 Å². The van der Waals surface area contributed by atoms with Gasteiger partial charge in [0.05, 0.1) is 5.56 Å². The average Bonchev–Trinajstić information content (AvgIpc) is 2.34. The Morgan fingerprint density at radius 2 is 2.11 bits per heavy atom. The minimum absolute atomic E-state index is 0.309. The molecule has 1 saturated carbocycles. The molecule has 0 aromatic heterocycles. The SMILES string of the molecule is CC1CCCCC1Nc1ccc(C(=O)O)cc1Br. The van der Waals surface area contributed by atoms with Crippen LogP contribution in [0.1, 0.15) is 43.0 Å². The molecule has 0 bridgehead atoms. The molecule has 0 amide bonds. The van der Waals surface area contributed by atoms with Gasteiger partial charge in [-0.1, -0.05) is 19.8 Å². The first-order valence-electron chi connectivity index (χ1n) is 6.37. The molecule has 0 heterocycles. The molecule has 2 rings (SSSR count). The zero-order chi connectivity index (χ0) is 13.1. The first kappa shape index (κ1) is 13.4. The number of carboxylic acids is 1. The van der Waals surface area contributed by atoms with Gasteiger partial charge in [0.2, 0.25) is 0 Å². The topological polar surface area (TPSA) is 49.3 Å². The summed E-state index contributed by atoms with van der Waals surface area (Å²) < 4.78 is 0.820. The van der Waals surface area contributed by atoms with Crippen LogP contribution >= 0.6 is 15.9 Å².